The van der Waals surface area contributed by atoms with Crippen LogP contribution in [0.1, 0.15) is 33.6 Å². The van der Waals surface area contributed by atoms with E-state index in [0.29, 0.717) is 0 Å². The van der Waals surface area contributed by atoms with Crippen molar-refractivity contribution in [2.45, 2.75) is 39.2 Å². The fourth-order valence-corrected chi connectivity index (χ4v) is 0.454. The van der Waals surface area contributed by atoms with Gasteiger partial charge in [0, 0.05) is 5.54 Å². The lowest BCUT2D eigenvalue weighted by Gasteiger charge is -2.24. The average molecular weight is 116 g/mol. The standard InChI is InChI=1S/C6H16N2/c1-4-6(3,5-2)8-7/h8H,4-5,7H2,1-3H3. The van der Waals surface area contributed by atoms with Gasteiger partial charge in [0.05, 0.1) is 0 Å². The minimum absolute atomic E-state index is 0.153. The van der Waals surface area contributed by atoms with Gasteiger partial charge in [-0.15, -0.1) is 0 Å². The zero-order valence-corrected chi connectivity index (χ0v) is 5.99. The van der Waals surface area contributed by atoms with Crippen LogP contribution in [0.2, 0.25) is 0 Å². The van der Waals surface area contributed by atoms with Gasteiger partial charge in [-0.3, -0.25) is 11.3 Å². The Hall–Kier alpha value is -0.0800. The summed E-state index contributed by atoms with van der Waals surface area (Å²) in [6.07, 6.45) is 2.17. The van der Waals surface area contributed by atoms with E-state index in [0.717, 1.165) is 12.8 Å². The van der Waals surface area contributed by atoms with Gasteiger partial charge in [-0.25, -0.2) is 0 Å². The summed E-state index contributed by atoms with van der Waals surface area (Å²) in [6.45, 7) is 6.37. The lowest BCUT2D eigenvalue weighted by molar-refractivity contribution is 0.338. The predicted molar refractivity (Wildman–Crippen MR) is 36.3 cm³/mol. The van der Waals surface area contributed by atoms with Gasteiger partial charge in [-0.1, -0.05) is 13.8 Å². The predicted octanol–water partition coefficient (Wildman–Crippen LogP) is 1.03. The Morgan fingerprint density at radius 1 is 1.38 bits per heavy atom. The molecular weight excluding hydrogens is 100 g/mol. The number of rotatable bonds is 3. The van der Waals surface area contributed by atoms with E-state index in [1.54, 1.807) is 0 Å². The number of hydrogen-bond acceptors (Lipinski definition) is 2. The van der Waals surface area contributed by atoms with Crippen LogP contribution in [0, 0.1) is 0 Å². The second-order valence-electron chi connectivity index (χ2n) is 2.41. The SMILES string of the molecule is CCC(C)(CC)NN. The van der Waals surface area contributed by atoms with E-state index >= 15 is 0 Å². The molecule has 2 nitrogen and oxygen atoms in total. The third kappa shape index (κ3) is 1.80. The summed E-state index contributed by atoms with van der Waals surface area (Å²) >= 11 is 0. The first-order chi connectivity index (χ1) is 3.68. The molecule has 3 N–H and O–H groups in total. The van der Waals surface area contributed by atoms with Crippen molar-refractivity contribution in [1.82, 2.24) is 5.43 Å². The number of hydrazine groups is 1. The van der Waals surface area contributed by atoms with Crippen LogP contribution in [0.25, 0.3) is 0 Å². The largest absolute Gasteiger partial charge is 0.271 e. The van der Waals surface area contributed by atoms with Crippen LogP contribution < -0.4 is 11.3 Å². The summed E-state index contributed by atoms with van der Waals surface area (Å²) < 4.78 is 0. The van der Waals surface area contributed by atoms with Crippen LogP contribution in [0.3, 0.4) is 0 Å². The Kier molecular flexibility index (Phi) is 3.02. The molecule has 0 aliphatic rings. The molecular formula is C6H16N2. The fraction of sp³-hybridized carbons (Fsp3) is 1.00. The first-order valence-electron chi connectivity index (χ1n) is 3.16. The quantitative estimate of drug-likeness (QED) is 0.427. The van der Waals surface area contributed by atoms with Crippen LogP contribution in [0.4, 0.5) is 0 Å². The van der Waals surface area contributed by atoms with Crippen molar-refractivity contribution in [2.24, 2.45) is 5.84 Å². The lowest BCUT2D eigenvalue weighted by atomic mass is 9.97. The van der Waals surface area contributed by atoms with Crippen LogP contribution in [0.15, 0.2) is 0 Å². The van der Waals surface area contributed by atoms with Crippen LogP contribution >= 0.6 is 0 Å². The zero-order valence-electron chi connectivity index (χ0n) is 5.99. The summed E-state index contributed by atoms with van der Waals surface area (Å²) in [4.78, 5) is 0. The van der Waals surface area contributed by atoms with Gasteiger partial charge in [-0.2, -0.15) is 0 Å². The molecule has 0 unspecified atom stereocenters. The molecule has 8 heavy (non-hydrogen) atoms. The maximum atomic E-state index is 5.28. The lowest BCUT2D eigenvalue weighted by Crippen LogP contribution is -2.45. The van der Waals surface area contributed by atoms with E-state index in [1.165, 1.54) is 0 Å². The van der Waals surface area contributed by atoms with E-state index in [1.807, 2.05) is 0 Å². The fourth-order valence-electron chi connectivity index (χ4n) is 0.454. The molecule has 0 aromatic carbocycles. The molecule has 0 spiro atoms. The van der Waals surface area contributed by atoms with Gasteiger partial charge in [0.2, 0.25) is 0 Å². The average Bonchev–Trinajstić information content (AvgIpc) is 1.87. The number of hydrogen-bond donors (Lipinski definition) is 2. The van der Waals surface area contributed by atoms with Crippen LogP contribution in [-0.2, 0) is 0 Å². The van der Waals surface area contributed by atoms with Gasteiger partial charge in [-0.05, 0) is 19.8 Å². The minimum atomic E-state index is 0.153. The molecule has 0 heterocycles. The molecule has 0 aromatic rings. The Labute approximate surface area is 51.4 Å². The second kappa shape index (κ2) is 3.05. The minimum Gasteiger partial charge on any atom is -0.271 e. The van der Waals surface area contributed by atoms with E-state index in [-0.39, 0.29) is 5.54 Å². The van der Waals surface area contributed by atoms with Crippen molar-refractivity contribution in [3.63, 3.8) is 0 Å². The van der Waals surface area contributed by atoms with E-state index in [2.05, 4.69) is 26.2 Å². The van der Waals surface area contributed by atoms with Gasteiger partial charge in [0.1, 0.15) is 0 Å². The molecule has 0 fully saturated rings. The van der Waals surface area contributed by atoms with Gasteiger partial charge in [0.15, 0.2) is 0 Å². The van der Waals surface area contributed by atoms with Crippen LogP contribution in [0.5, 0.6) is 0 Å². The van der Waals surface area contributed by atoms with Crippen molar-refractivity contribution in [3.8, 4) is 0 Å². The molecule has 50 valence electrons. The van der Waals surface area contributed by atoms with Crippen molar-refractivity contribution >= 4 is 0 Å². The molecule has 0 saturated heterocycles. The molecule has 0 bridgehead atoms. The van der Waals surface area contributed by atoms with Crippen molar-refractivity contribution in [2.75, 3.05) is 0 Å². The summed E-state index contributed by atoms with van der Waals surface area (Å²) in [6, 6.07) is 0. The zero-order chi connectivity index (χ0) is 6.62. The van der Waals surface area contributed by atoms with Crippen molar-refractivity contribution < 1.29 is 0 Å². The van der Waals surface area contributed by atoms with Gasteiger partial charge >= 0.3 is 0 Å². The first kappa shape index (κ1) is 7.92. The second-order valence-corrected chi connectivity index (χ2v) is 2.41. The molecule has 0 saturated carbocycles. The monoisotopic (exact) mass is 116 g/mol. The molecule has 0 rings (SSSR count). The highest BCUT2D eigenvalue weighted by molar-refractivity contribution is 4.75. The maximum Gasteiger partial charge on any atom is 0.0288 e. The van der Waals surface area contributed by atoms with Gasteiger partial charge < -0.3 is 0 Å². The number of nitrogens with two attached hydrogens (primary N) is 1. The molecule has 0 aromatic heterocycles. The highest BCUT2D eigenvalue weighted by Crippen LogP contribution is 2.10. The first-order valence-corrected chi connectivity index (χ1v) is 3.16. The molecule has 0 amide bonds. The van der Waals surface area contributed by atoms with Crippen molar-refractivity contribution in [1.29, 1.82) is 0 Å². The summed E-state index contributed by atoms with van der Waals surface area (Å²) in [5, 5.41) is 0. The third-order valence-corrected chi connectivity index (χ3v) is 1.91. The Morgan fingerprint density at radius 3 is 1.75 bits per heavy atom. The summed E-state index contributed by atoms with van der Waals surface area (Å²) in [5.41, 5.74) is 2.93. The molecule has 0 radical (unpaired) electrons. The molecule has 0 aliphatic carbocycles. The Bertz CT molecular complexity index is 49.3. The van der Waals surface area contributed by atoms with Crippen molar-refractivity contribution in [3.05, 3.63) is 0 Å². The van der Waals surface area contributed by atoms with E-state index in [4.69, 9.17) is 5.84 Å². The van der Waals surface area contributed by atoms with E-state index < -0.39 is 0 Å². The van der Waals surface area contributed by atoms with Crippen LogP contribution in [-0.4, -0.2) is 5.54 Å². The Balaban J connectivity index is 3.58. The van der Waals surface area contributed by atoms with Gasteiger partial charge in [0.25, 0.3) is 0 Å². The smallest absolute Gasteiger partial charge is 0.0288 e. The Morgan fingerprint density at radius 2 is 1.75 bits per heavy atom. The molecule has 2 heteroatoms. The van der Waals surface area contributed by atoms with E-state index in [9.17, 15) is 0 Å². The summed E-state index contributed by atoms with van der Waals surface area (Å²) in [5.74, 6) is 5.28. The highest BCUT2D eigenvalue weighted by atomic mass is 15.3. The number of nitrogens with one attached hydrogen (secondary N) is 1. The summed E-state index contributed by atoms with van der Waals surface area (Å²) in [7, 11) is 0. The highest BCUT2D eigenvalue weighted by Gasteiger charge is 2.15. The normalized spacial score (nSPS) is 12.0. The topological polar surface area (TPSA) is 38.0 Å². The molecule has 0 aliphatic heterocycles. The third-order valence-electron chi connectivity index (χ3n) is 1.91. The maximum absolute atomic E-state index is 5.28. The molecule has 0 atom stereocenters.